The van der Waals surface area contributed by atoms with Gasteiger partial charge in [0.15, 0.2) is 11.4 Å². The van der Waals surface area contributed by atoms with Gasteiger partial charge >= 0.3 is 5.97 Å². The Hall–Kier alpha value is -2.96. The van der Waals surface area contributed by atoms with Crippen LogP contribution in [0.5, 0.6) is 0 Å². The third-order valence-electron chi connectivity index (χ3n) is 3.36. The number of fused-ring (bicyclic) bond motifs is 1. The molecule has 0 bridgehead atoms. The van der Waals surface area contributed by atoms with Crippen LogP contribution in [0.15, 0.2) is 34.7 Å². The molecule has 1 heterocycles. The average Bonchev–Trinajstić information content (AvgIpc) is 2.89. The van der Waals surface area contributed by atoms with Gasteiger partial charge in [0.25, 0.3) is 6.01 Å². The van der Waals surface area contributed by atoms with Crippen molar-refractivity contribution in [3.63, 3.8) is 0 Å². The van der Waals surface area contributed by atoms with Crippen LogP contribution in [0.2, 0.25) is 0 Å². The summed E-state index contributed by atoms with van der Waals surface area (Å²) < 4.78 is 32.8. The molecule has 3 rings (SSSR count). The molecular weight excluding hydrogens is 306 g/mol. The molecule has 0 amide bonds. The zero-order valence-corrected chi connectivity index (χ0v) is 12.1. The summed E-state index contributed by atoms with van der Waals surface area (Å²) in [5.41, 5.74) is 1.33. The molecule has 0 aliphatic rings. The molecule has 3 aromatic rings. The predicted octanol–water partition coefficient (Wildman–Crippen LogP) is 3.79. The number of aryl methyl sites for hydroxylation is 1. The maximum Gasteiger partial charge on any atom is 0.307 e. The summed E-state index contributed by atoms with van der Waals surface area (Å²) in [6, 6.07) is 7.02. The highest BCUT2D eigenvalue weighted by atomic mass is 19.1. The Bertz CT molecular complexity index is 906. The number of halogens is 2. The second kappa shape index (κ2) is 5.68. The number of carbonyl (C=O) groups is 1. The van der Waals surface area contributed by atoms with E-state index in [0.717, 1.165) is 5.56 Å². The van der Waals surface area contributed by atoms with Crippen LogP contribution < -0.4 is 5.32 Å². The first-order valence-electron chi connectivity index (χ1n) is 6.77. The molecular formula is C16H12F2N2O3. The van der Waals surface area contributed by atoms with Crippen LogP contribution in [-0.2, 0) is 11.2 Å². The van der Waals surface area contributed by atoms with Crippen LogP contribution in [0.3, 0.4) is 0 Å². The normalized spacial score (nSPS) is 10.9. The number of hydrogen-bond donors (Lipinski definition) is 2. The van der Waals surface area contributed by atoms with Crippen molar-refractivity contribution in [2.45, 2.75) is 13.3 Å². The molecule has 0 unspecified atom stereocenters. The molecule has 0 radical (unpaired) electrons. The van der Waals surface area contributed by atoms with Gasteiger partial charge in [-0.15, -0.1) is 0 Å². The molecule has 0 fully saturated rings. The first kappa shape index (κ1) is 15.0. The third kappa shape index (κ3) is 2.98. The SMILES string of the molecule is Cc1ccc(F)cc1Nc1nc2ccc(CC(=O)O)c(F)c2o1. The van der Waals surface area contributed by atoms with E-state index in [1.54, 1.807) is 13.0 Å². The molecule has 0 atom stereocenters. The molecule has 23 heavy (non-hydrogen) atoms. The largest absolute Gasteiger partial charge is 0.481 e. The summed E-state index contributed by atoms with van der Waals surface area (Å²) in [5.74, 6) is -2.33. The van der Waals surface area contributed by atoms with Gasteiger partial charge in [0.05, 0.1) is 6.42 Å². The van der Waals surface area contributed by atoms with Crippen molar-refractivity contribution in [3.05, 3.63) is 53.1 Å². The van der Waals surface area contributed by atoms with E-state index >= 15 is 0 Å². The monoisotopic (exact) mass is 318 g/mol. The summed E-state index contributed by atoms with van der Waals surface area (Å²) in [6.45, 7) is 1.77. The molecule has 5 nitrogen and oxygen atoms in total. The fourth-order valence-corrected chi connectivity index (χ4v) is 2.20. The zero-order chi connectivity index (χ0) is 16.6. The van der Waals surface area contributed by atoms with Crippen LogP contribution >= 0.6 is 0 Å². The van der Waals surface area contributed by atoms with Gasteiger partial charge in [0.2, 0.25) is 0 Å². The van der Waals surface area contributed by atoms with Gasteiger partial charge in [-0.05, 0) is 30.7 Å². The van der Waals surface area contributed by atoms with Crippen LogP contribution in [0, 0.1) is 18.6 Å². The standard InChI is InChI=1S/C16H12F2N2O3/c1-8-2-4-10(17)7-12(8)20-16-19-11-5-3-9(6-13(21)22)14(18)15(11)23-16/h2-5,7H,6H2,1H3,(H,19,20)(H,21,22). The van der Waals surface area contributed by atoms with Crippen LogP contribution in [-0.4, -0.2) is 16.1 Å². The minimum atomic E-state index is -1.14. The van der Waals surface area contributed by atoms with Gasteiger partial charge in [0, 0.05) is 11.3 Å². The second-order valence-electron chi connectivity index (χ2n) is 5.06. The Morgan fingerprint density at radius 2 is 2.09 bits per heavy atom. The number of anilines is 2. The number of oxazole rings is 1. The van der Waals surface area contributed by atoms with Crippen molar-refractivity contribution in [1.82, 2.24) is 4.98 Å². The molecule has 2 N–H and O–H groups in total. The van der Waals surface area contributed by atoms with Crippen LogP contribution in [0.25, 0.3) is 11.1 Å². The Morgan fingerprint density at radius 1 is 1.30 bits per heavy atom. The number of aromatic nitrogens is 1. The van der Waals surface area contributed by atoms with Crippen molar-refractivity contribution >= 4 is 28.8 Å². The van der Waals surface area contributed by atoms with E-state index in [-0.39, 0.29) is 22.7 Å². The minimum absolute atomic E-state index is 0.0000694. The highest BCUT2D eigenvalue weighted by molar-refractivity contribution is 5.79. The van der Waals surface area contributed by atoms with Crippen molar-refractivity contribution < 1.29 is 23.1 Å². The van der Waals surface area contributed by atoms with Crippen molar-refractivity contribution in [2.75, 3.05) is 5.32 Å². The Kier molecular flexibility index (Phi) is 3.69. The molecule has 0 spiro atoms. The van der Waals surface area contributed by atoms with Gasteiger partial charge in [-0.1, -0.05) is 12.1 Å². The van der Waals surface area contributed by atoms with Gasteiger partial charge in [-0.2, -0.15) is 4.98 Å². The van der Waals surface area contributed by atoms with Gasteiger partial charge in [-0.3, -0.25) is 4.79 Å². The number of nitrogens with one attached hydrogen (secondary N) is 1. The van der Waals surface area contributed by atoms with Gasteiger partial charge in [0.1, 0.15) is 11.3 Å². The Balaban J connectivity index is 1.98. The highest BCUT2D eigenvalue weighted by Gasteiger charge is 2.16. The number of rotatable bonds is 4. The molecule has 0 saturated carbocycles. The van der Waals surface area contributed by atoms with E-state index in [1.807, 2.05) is 0 Å². The summed E-state index contributed by atoms with van der Waals surface area (Å²) in [7, 11) is 0. The topological polar surface area (TPSA) is 75.4 Å². The molecule has 7 heteroatoms. The van der Waals surface area contributed by atoms with Gasteiger partial charge in [-0.25, -0.2) is 8.78 Å². The van der Waals surface area contributed by atoms with E-state index in [0.29, 0.717) is 5.69 Å². The first-order valence-corrected chi connectivity index (χ1v) is 6.77. The maximum absolute atomic E-state index is 14.2. The lowest BCUT2D eigenvalue weighted by Crippen LogP contribution is -2.02. The quantitative estimate of drug-likeness (QED) is 0.765. The fraction of sp³-hybridized carbons (Fsp3) is 0.125. The molecule has 0 saturated heterocycles. The number of carboxylic acids is 1. The van der Waals surface area contributed by atoms with E-state index in [2.05, 4.69) is 10.3 Å². The molecule has 1 aromatic heterocycles. The fourth-order valence-electron chi connectivity index (χ4n) is 2.20. The summed E-state index contributed by atoms with van der Waals surface area (Å²) >= 11 is 0. The number of hydrogen-bond acceptors (Lipinski definition) is 4. The summed E-state index contributed by atoms with van der Waals surface area (Å²) in [4.78, 5) is 14.8. The van der Waals surface area contributed by atoms with Crippen molar-refractivity contribution in [3.8, 4) is 0 Å². The lowest BCUT2D eigenvalue weighted by molar-refractivity contribution is -0.136. The van der Waals surface area contributed by atoms with Crippen LogP contribution in [0.4, 0.5) is 20.5 Å². The minimum Gasteiger partial charge on any atom is -0.481 e. The number of carboxylic acid groups (broad SMARTS) is 1. The predicted molar refractivity (Wildman–Crippen MR) is 79.7 cm³/mol. The van der Waals surface area contributed by atoms with Gasteiger partial charge < -0.3 is 14.8 Å². The maximum atomic E-state index is 14.2. The lowest BCUT2D eigenvalue weighted by atomic mass is 10.1. The summed E-state index contributed by atoms with van der Waals surface area (Å²) in [5, 5.41) is 11.5. The Labute approximate surface area is 129 Å². The lowest BCUT2D eigenvalue weighted by Gasteiger charge is -2.05. The van der Waals surface area contributed by atoms with E-state index in [4.69, 9.17) is 9.52 Å². The van der Waals surface area contributed by atoms with Crippen molar-refractivity contribution in [1.29, 1.82) is 0 Å². The van der Waals surface area contributed by atoms with Crippen molar-refractivity contribution in [2.24, 2.45) is 0 Å². The molecule has 0 aliphatic carbocycles. The number of aliphatic carboxylic acids is 1. The Morgan fingerprint density at radius 3 is 2.83 bits per heavy atom. The number of nitrogens with zero attached hydrogens (tertiary/aromatic N) is 1. The third-order valence-corrected chi connectivity index (χ3v) is 3.36. The summed E-state index contributed by atoms with van der Waals surface area (Å²) in [6.07, 6.45) is -0.450. The average molecular weight is 318 g/mol. The molecule has 0 aliphatic heterocycles. The zero-order valence-electron chi connectivity index (χ0n) is 12.1. The van der Waals surface area contributed by atoms with E-state index < -0.39 is 24.0 Å². The second-order valence-corrected chi connectivity index (χ2v) is 5.06. The number of benzene rings is 2. The van der Waals surface area contributed by atoms with E-state index in [9.17, 15) is 13.6 Å². The van der Waals surface area contributed by atoms with Crippen LogP contribution in [0.1, 0.15) is 11.1 Å². The molecule has 2 aromatic carbocycles. The first-order chi connectivity index (χ1) is 10.9. The smallest absolute Gasteiger partial charge is 0.307 e. The highest BCUT2D eigenvalue weighted by Crippen LogP contribution is 2.27. The van der Waals surface area contributed by atoms with E-state index in [1.165, 1.54) is 24.3 Å². The molecule has 118 valence electrons.